The maximum Gasteiger partial charge on any atom is 0.416 e. The third-order valence-corrected chi connectivity index (χ3v) is 5.05. The normalized spacial score (nSPS) is 19.7. The monoisotopic (exact) mass is 387 g/mol. The van der Waals surface area contributed by atoms with Gasteiger partial charge in [-0.15, -0.1) is 0 Å². The van der Waals surface area contributed by atoms with Gasteiger partial charge in [0.15, 0.2) is 0 Å². The minimum atomic E-state index is -4.44. The van der Waals surface area contributed by atoms with Crippen molar-refractivity contribution in [3.05, 3.63) is 76.5 Å². The van der Waals surface area contributed by atoms with Crippen molar-refractivity contribution in [2.75, 3.05) is 11.5 Å². The number of hydrogen-bond donors (Lipinski definition) is 0. The Morgan fingerprint density at radius 2 is 1.64 bits per heavy atom. The summed E-state index contributed by atoms with van der Waals surface area (Å²) in [5, 5.41) is 0. The first-order valence-electron chi connectivity index (χ1n) is 8.72. The summed E-state index contributed by atoms with van der Waals surface area (Å²) in [6.45, 7) is 1.89. The topological polar surface area (TPSA) is 46.6 Å². The Kier molecular flexibility index (Phi) is 4.25. The molecular formula is C21H16F3NO3. The summed E-state index contributed by atoms with van der Waals surface area (Å²) >= 11 is 0. The molecule has 0 N–H and O–H groups in total. The smallest absolute Gasteiger partial charge is 0.416 e. The summed E-state index contributed by atoms with van der Waals surface area (Å²) in [6, 6.07) is 11.9. The van der Waals surface area contributed by atoms with Gasteiger partial charge in [0.1, 0.15) is 6.61 Å². The van der Waals surface area contributed by atoms with E-state index in [1.54, 1.807) is 12.1 Å². The van der Waals surface area contributed by atoms with Crippen LogP contribution in [-0.4, -0.2) is 18.5 Å². The van der Waals surface area contributed by atoms with E-state index in [9.17, 15) is 22.8 Å². The van der Waals surface area contributed by atoms with E-state index in [1.165, 1.54) is 17.0 Å². The predicted molar refractivity (Wildman–Crippen MR) is 95.5 cm³/mol. The molecule has 144 valence electrons. The fraction of sp³-hybridized carbons (Fsp3) is 0.238. The minimum Gasteiger partial charge on any atom is -0.456 e. The summed E-state index contributed by atoms with van der Waals surface area (Å²) in [5.41, 5.74) is 2.16. The SMILES string of the molecule is Cc1ccc(N2C(=O)CC(c3ccc(C(F)(F)F)cc3)C3=C2COC3=O)cc1. The number of nitrogens with zero attached hydrogens (tertiary/aromatic N) is 1. The maximum atomic E-state index is 12.9. The maximum absolute atomic E-state index is 12.9. The lowest BCUT2D eigenvalue weighted by Crippen LogP contribution is -2.37. The van der Waals surface area contributed by atoms with Crippen molar-refractivity contribution in [1.29, 1.82) is 0 Å². The van der Waals surface area contributed by atoms with Crippen molar-refractivity contribution in [1.82, 2.24) is 0 Å². The fourth-order valence-corrected chi connectivity index (χ4v) is 3.64. The number of carbonyl (C=O) groups excluding carboxylic acids is 2. The number of halogens is 3. The van der Waals surface area contributed by atoms with Gasteiger partial charge in [-0.2, -0.15) is 13.2 Å². The van der Waals surface area contributed by atoms with Gasteiger partial charge in [-0.25, -0.2) is 4.79 Å². The van der Waals surface area contributed by atoms with Gasteiger partial charge < -0.3 is 4.74 Å². The number of cyclic esters (lactones) is 1. The molecule has 2 aliphatic rings. The van der Waals surface area contributed by atoms with Gasteiger partial charge in [-0.3, -0.25) is 9.69 Å². The van der Waals surface area contributed by atoms with E-state index < -0.39 is 23.6 Å². The number of benzene rings is 2. The molecule has 7 heteroatoms. The summed E-state index contributed by atoms with van der Waals surface area (Å²) in [4.78, 5) is 26.7. The van der Waals surface area contributed by atoms with Crippen molar-refractivity contribution >= 4 is 17.6 Å². The highest BCUT2D eigenvalue weighted by Crippen LogP contribution is 2.42. The lowest BCUT2D eigenvalue weighted by Gasteiger charge is -2.32. The molecule has 1 amide bonds. The molecule has 2 aromatic rings. The van der Waals surface area contributed by atoms with Crippen molar-refractivity contribution in [3.63, 3.8) is 0 Å². The van der Waals surface area contributed by atoms with Gasteiger partial charge >= 0.3 is 12.1 Å². The van der Waals surface area contributed by atoms with Crippen LogP contribution in [0, 0.1) is 6.92 Å². The highest BCUT2D eigenvalue weighted by atomic mass is 19.4. The lowest BCUT2D eigenvalue weighted by molar-refractivity contribution is -0.138. The van der Waals surface area contributed by atoms with Crippen LogP contribution in [0.1, 0.15) is 29.0 Å². The number of rotatable bonds is 2. The van der Waals surface area contributed by atoms with E-state index in [1.807, 2.05) is 19.1 Å². The largest absolute Gasteiger partial charge is 0.456 e. The molecule has 0 saturated heterocycles. The number of amides is 1. The number of aryl methyl sites for hydroxylation is 1. The molecule has 2 aromatic carbocycles. The van der Waals surface area contributed by atoms with Crippen molar-refractivity contribution in [2.24, 2.45) is 0 Å². The van der Waals surface area contributed by atoms with E-state index in [0.29, 0.717) is 22.5 Å². The first kappa shape index (κ1) is 18.3. The van der Waals surface area contributed by atoms with Gasteiger partial charge in [0.25, 0.3) is 0 Å². The molecule has 4 nitrogen and oxygen atoms in total. The van der Waals surface area contributed by atoms with Crippen LogP contribution in [0.3, 0.4) is 0 Å². The first-order valence-corrected chi connectivity index (χ1v) is 8.72. The van der Waals surface area contributed by atoms with Crippen LogP contribution in [-0.2, 0) is 20.5 Å². The molecule has 0 aliphatic carbocycles. The molecule has 0 bridgehead atoms. The van der Waals surface area contributed by atoms with Gasteiger partial charge in [0.2, 0.25) is 5.91 Å². The van der Waals surface area contributed by atoms with E-state index in [0.717, 1.165) is 17.7 Å². The minimum absolute atomic E-state index is 0.0207. The Hall–Kier alpha value is -3.09. The van der Waals surface area contributed by atoms with E-state index in [2.05, 4.69) is 0 Å². The number of carbonyl (C=O) groups is 2. The zero-order valence-corrected chi connectivity index (χ0v) is 14.9. The molecule has 0 aromatic heterocycles. The van der Waals surface area contributed by atoms with Gasteiger partial charge in [-0.05, 0) is 36.8 Å². The Balaban J connectivity index is 1.76. The number of anilines is 1. The third kappa shape index (κ3) is 3.06. The molecule has 0 fully saturated rings. The zero-order valence-electron chi connectivity index (χ0n) is 14.9. The Labute approximate surface area is 159 Å². The number of esters is 1. The Morgan fingerprint density at radius 1 is 1.00 bits per heavy atom. The van der Waals surface area contributed by atoms with Crippen LogP contribution in [0.15, 0.2) is 59.8 Å². The van der Waals surface area contributed by atoms with Gasteiger partial charge in [0, 0.05) is 18.0 Å². The second-order valence-electron chi connectivity index (χ2n) is 6.88. The second-order valence-corrected chi connectivity index (χ2v) is 6.88. The van der Waals surface area contributed by atoms with E-state index in [-0.39, 0.29) is 18.9 Å². The average Bonchev–Trinajstić information content (AvgIpc) is 3.03. The molecule has 4 rings (SSSR count). The zero-order chi connectivity index (χ0) is 20.1. The van der Waals surface area contributed by atoms with Crippen molar-refractivity contribution in [3.8, 4) is 0 Å². The standard InChI is InChI=1S/C21H16F3NO3/c1-12-2-8-15(9-3-12)25-17-11-28-20(27)19(17)16(10-18(25)26)13-4-6-14(7-5-13)21(22,23)24/h2-9,16H,10-11H2,1H3. The van der Waals surface area contributed by atoms with Crippen molar-refractivity contribution < 1.29 is 27.5 Å². The predicted octanol–water partition coefficient (Wildman–Crippen LogP) is 4.35. The summed E-state index contributed by atoms with van der Waals surface area (Å²) in [7, 11) is 0. The lowest BCUT2D eigenvalue weighted by atomic mass is 9.84. The van der Waals surface area contributed by atoms with E-state index in [4.69, 9.17) is 4.74 Å². The quantitative estimate of drug-likeness (QED) is 0.720. The molecule has 1 unspecified atom stereocenters. The second kappa shape index (κ2) is 6.51. The van der Waals surface area contributed by atoms with Crippen LogP contribution in [0.25, 0.3) is 0 Å². The molecule has 1 atom stereocenters. The van der Waals surface area contributed by atoms with Gasteiger partial charge in [0.05, 0.1) is 16.8 Å². The molecule has 2 aliphatic heterocycles. The van der Waals surface area contributed by atoms with Crippen LogP contribution in [0.2, 0.25) is 0 Å². The van der Waals surface area contributed by atoms with Crippen LogP contribution >= 0.6 is 0 Å². The summed E-state index contributed by atoms with van der Waals surface area (Å²) in [5.74, 6) is -1.39. The molecule has 0 spiro atoms. The van der Waals surface area contributed by atoms with Gasteiger partial charge in [-0.1, -0.05) is 29.8 Å². The van der Waals surface area contributed by atoms with E-state index >= 15 is 0 Å². The highest BCUT2D eigenvalue weighted by molar-refractivity contribution is 6.06. The third-order valence-electron chi connectivity index (χ3n) is 5.05. The summed E-state index contributed by atoms with van der Waals surface area (Å²) in [6.07, 6.45) is -4.47. The molecule has 0 radical (unpaired) electrons. The van der Waals surface area contributed by atoms with Crippen LogP contribution in [0.5, 0.6) is 0 Å². The van der Waals surface area contributed by atoms with Crippen molar-refractivity contribution in [2.45, 2.75) is 25.4 Å². The average molecular weight is 387 g/mol. The molecule has 0 saturated carbocycles. The van der Waals surface area contributed by atoms with Crippen LogP contribution in [0.4, 0.5) is 18.9 Å². The Morgan fingerprint density at radius 3 is 2.25 bits per heavy atom. The number of ether oxygens (including phenoxy) is 1. The number of hydrogen-bond acceptors (Lipinski definition) is 3. The molecule has 28 heavy (non-hydrogen) atoms. The fourth-order valence-electron chi connectivity index (χ4n) is 3.64. The molecular weight excluding hydrogens is 371 g/mol. The first-order chi connectivity index (χ1) is 13.3. The molecule has 2 heterocycles. The summed E-state index contributed by atoms with van der Waals surface area (Å²) < 4.78 is 43.6. The van der Waals surface area contributed by atoms with Crippen LogP contribution < -0.4 is 4.90 Å². The Bertz CT molecular complexity index is 975. The number of alkyl halides is 3. The highest BCUT2D eigenvalue weighted by Gasteiger charge is 2.43.